The van der Waals surface area contributed by atoms with E-state index in [0.29, 0.717) is 36.9 Å². The summed E-state index contributed by atoms with van der Waals surface area (Å²) in [7, 11) is 0. The Morgan fingerprint density at radius 3 is 2.67 bits per heavy atom. The Morgan fingerprint density at radius 1 is 1.13 bits per heavy atom. The van der Waals surface area contributed by atoms with Crippen molar-refractivity contribution in [2.75, 3.05) is 6.54 Å². The van der Waals surface area contributed by atoms with Gasteiger partial charge in [-0.05, 0) is 81.2 Å². The number of aromatic nitrogens is 4. The van der Waals surface area contributed by atoms with E-state index in [2.05, 4.69) is 38.6 Å². The molecule has 4 heterocycles. The number of allylic oxidation sites excluding steroid dienone is 4. The van der Waals surface area contributed by atoms with E-state index in [1.54, 1.807) is 23.2 Å². The zero-order valence-electron chi connectivity index (χ0n) is 23.6. The molecule has 0 saturated heterocycles. The van der Waals surface area contributed by atoms with Crippen LogP contribution < -0.4 is 5.32 Å². The van der Waals surface area contributed by atoms with E-state index >= 15 is 0 Å². The summed E-state index contributed by atoms with van der Waals surface area (Å²) in [5.41, 5.74) is 3.71. The summed E-state index contributed by atoms with van der Waals surface area (Å²) in [6.07, 6.45) is 13.9. The Balaban J connectivity index is 0.00000172. The highest BCUT2D eigenvalue weighted by atomic mass is 16.6. The number of hydrogen-bond acceptors (Lipinski definition) is 6. The van der Waals surface area contributed by atoms with Crippen molar-refractivity contribution in [3.05, 3.63) is 71.2 Å². The summed E-state index contributed by atoms with van der Waals surface area (Å²) in [6.45, 7) is 13.1. The van der Waals surface area contributed by atoms with E-state index in [1.165, 1.54) is 0 Å². The molecule has 5 rings (SSSR count). The molecule has 208 valence electrons. The van der Waals surface area contributed by atoms with Gasteiger partial charge in [-0.15, -0.1) is 10.2 Å². The molecule has 39 heavy (non-hydrogen) atoms. The molecule has 1 unspecified atom stereocenters. The van der Waals surface area contributed by atoms with Crippen LogP contribution in [0.15, 0.2) is 42.8 Å². The Bertz CT molecular complexity index is 1270. The Morgan fingerprint density at radius 2 is 1.90 bits per heavy atom. The van der Waals surface area contributed by atoms with Gasteiger partial charge in [-0.1, -0.05) is 32.6 Å². The lowest BCUT2D eigenvalue weighted by Crippen LogP contribution is -2.38. The molecule has 9 nitrogen and oxygen atoms in total. The third kappa shape index (κ3) is 6.64. The summed E-state index contributed by atoms with van der Waals surface area (Å²) in [5, 5.41) is 11.4. The van der Waals surface area contributed by atoms with Gasteiger partial charge in [0.2, 0.25) is 0 Å². The predicted molar refractivity (Wildman–Crippen MR) is 151 cm³/mol. The number of carbonyl (C=O) groups excluding carboxylic acids is 2. The molecule has 2 aliphatic heterocycles. The zero-order valence-corrected chi connectivity index (χ0v) is 23.6. The average Bonchev–Trinajstić information content (AvgIpc) is 3.69. The second kappa shape index (κ2) is 12.9. The molecule has 1 atom stereocenters. The van der Waals surface area contributed by atoms with Crippen LogP contribution in [0.3, 0.4) is 0 Å². The van der Waals surface area contributed by atoms with Crippen molar-refractivity contribution in [1.82, 2.24) is 30.0 Å². The largest absolute Gasteiger partial charge is 0.446 e. The number of nitrogens with one attached hydrogen (secondary N) is 1. The summed E-state index contributed by atoms with van der Waals surface area (Å²) < 4.78 is 7.85. The summed E-state index contributed by atoms with van der Waals surface area (Å²) in [6, 6.07) is 2.16. The number of hydrogen-bond donors (Lipinski definition) is 1. The van der Waals surface area contributed by atoms with Crippen LogP contribution in [0, 0.1) is 0 Å². The fourth-order valence-corrected chi connectivity index (χ4v) is 5.27. The molecular formula is C30H40N6O3. The molecule has 0 spiro atoms. The number of nitrogens with zero attached hydrogens (tertiary/aromatic N) is 5. The fourth-order valence-electron chi connectivity index (χ4n) is 5.27. The standard InChI is InChI=1S/C28H34N6O3.C2H6/c1-18(26-32-31-25-12-11-20(3)34(25)26)7-6-8-19(2)30-27(35)24-15-22-17-33(14-13-21(22)16-29-24)28(36)37-23-9-4-5-10-23;1-2/h6-8,15-16,20,23H,2,4-5,9-14,17H2,1,3H3,(H,30,35);1-2H3/b8-6-,18-7+;. The molecule has 0 radical (unpaired) electrons. The lowest BCUT2D eigenvalue weighted by atomic mass is 10.0. The van der Waals surface area contributed by atoms with Gasteiger partial charge >= 0.3 is 6.09 Å². The molecule has 1 saturated carbocycles. The maximum atomic E-state index is 12.8. The van der Waals surface area contributed by atoms with Crippen LogP contribution >= 0.6 is 0 Å². The van der Waals surface area contributed by atoms with Gasteiger partial charge in [-0.25, -0.2) is 4.79 Å². The zero-order chi connectivity index (χ0) is 27.9. The first-order chi connectivity index (χ1) is 18.9. The quantitative estimate of drug-likeness (QED) is 0.490. The van der Waals surface area contributed by atoms with Gasteiger partial charge < -0.3 is 19.5 Å². The number of carbonyl (C=O) groups is 2. The van der Waals surface area contributed by atoms with Gasteiger partial charge in [0.05, 0.1) is 0 Å². The molecule has 0 bridgehead atoms. The number of aryl methyl sites for hydroxylation is 1. The van der Waals surface area contributed by atoms with Crippen molar-refractivity contribution in [3.63, 3.8) is 0 Å². The highest BCUT2D eigenvalue weighted by Crippen LogP contribution is 2.28. The van der Waals surface area contributed by atoms with Crippen LogP contribution in [-0.2, 0) is 24.1 Å². The van der Waals surface area contributed by atoms with Crippen LogP contribution in [0.2, 0.25) is 0 Å². The molecule has 2 aromatic rings. The lowest BCUT2D eigenvalue weighted by molar-refractivity contribution is 0.0618. The van der Waals surface area contributed by atoms with Crippen molar-refractivity contribution in [2.24, 2.45) is 0 Å². The second-order valence-corrected chi connectivity index (χ2v) is 10.2. The number of fused-ring (bicyclic) bond motifs is 2. The average molecular weight is 533 g/mol. The fraction of sp³-hybridized carbons (Fsp3) is 0.500. The van der Waals surface area contributed by atoms with Gasteiger partial charge in [0, 0.05) is 37.4 Å². The van der Waals surface area contributed by atoms with Crippen LogP contribution in [0.4, 0.5) is 4.79 Å². The first-order valence-electron chi connectivity index (χ1n) is 14.1. The van der Waals surface area contributed by atoms with Crippen LogP contribution in [0.5, 0.6) is 0 Å². The number of ether oxygens (including phenoxy) is 1. The van der Waals surface area contributed by atoms with Gasteiger partial charge in [0.25, 0.3) is 5.91 Å². The molecule has 1 N–H and O–H groups in total. The van der Waals surface area contributed by atoms with Crippen LogP contribution in [0.1, 0.15) is 99.1 Å². The monoisotopic (exact) mass is 532 g/mol. The van der Waals surface area contributed by atoms with Gasteiger partial charge in [0.1, 0.15) is 17.6 Å². The Hall–Kier alpha value is -3.75. The molecule has 2 aromatic heterocycles. The summed E-state index contributed by atoms with van der Waals surface area (Å²) >= 11 is 0. The second-order valence-electron chi connectivity index (χ2n) is 10.2. The van der Waals surface area contributed by atoms with E-state index in [9.17, 15) is 9.59 Å². The number of pyridine rings is 1. The molecule has 3 aliphatic rings. The van der Waals surface area contributed by atoms with E-state index in [4.69, 9.17) is 4.74 Å². The topological polar surface area (TPSA) is 102 Å². The van der Waals surface area contributed by atoms with E-state index in [-0.39, 0.29) is 18.1 Å². The molecule has 1 fully saturated rings. The molecule has 9 heteroatoms. The van der Waals surface area contributed by atoms with Crippen LogP contribution in [-0.4, -0.2) is 49.3 Å². The molecular weight excluding hydrogens is 492 g/mol. The van der Waals surface area contributed by atoms with Gasteiger partial charge in [-0.3, -0.25) is 9.78 Å². The maximum absolute atomic E-state index is 12.8. The maximum Gasteiger partial charge on any atom is 0.410 e. The third-order valence-corrected chi connectivity index (χ3v) is 7.42. The molecule has 0 aromatic carbocycles. The van der Waals surface area contributed by atoms with Crippen molar-refractivity contribution in [2.45, 2.75) is 91.3 Å². The number of amides is 2. The molecule has 2 amide bonds. The normalized spacial score (nSPS) is 18.8. The van der Waals surface area contributed by atoms with E-state index < -0.39 is 0 Å². The summed E-state index contributed by atoms with van der Waals surface area (Å²) in [4.78, 5) is 31.5. The highest BCUT2D eigenvalue weighted by molar-refractivity contribution is 5.94. The Kier molecular flexibility index (Phi) is 9.32. The minimum Gasteiger partial charge on any atom is -0.446 e. The smallest absolute Gasteiger partial charge is 0.410 e. The lowest BCUT2D eigenvalue weighted by Gasteiger charge is -2.29. The first kappa shape index (κ1) is 28.3. The van der Waals surface area contributed by atoms with E-state index in [1.807, 2.05) is 32.9 Å². The minimum atomic E-state index is -0.340. The third-order valence-electron chi connectivity index (χ3n) is 7.42. The van der Waals surface area contributed by atoms with Crippen molar-refractivity contribution >= 4 is 17.6 Å². The highest BCUT2D eigenvalue weighted by Gasteiger charge is 2.27. The number of rotatable bonds is 6. The van der Waals surface area contributed by atoms with Crippen LogP contribution in [0.25, 0.3) is 5.57 Å². The first-order valence-corrected chi connectivity index (χ1v) is 14.1. The van der Waals surface area contributed by atoms with Crippen molar-refractivity contribution < 1.29 is 14.3 Å². The van der Waals surface area contributed by atoms with Gasteiger partial charge in [-0.2, -0.15) is 0 Å². The predicted octanol–water partition coefficient (Wildman–Crippen LogP) is 5.55. The Labute approximate surface area is 231 Å². The van der Waals surface area contributed by atoms with Gasteiger partial charge in [0.15, 0.2) is 5.82 Å². The molecule has 1 aliphatic carbocycles. The van der Waals surface area contributed by atoms with Crippen molar-refractivity contribution in [3.8, 4) is 0 Å². The SMILES string of the molecule is C=C(/C=C\C=C(/C)c1nnc2n1C(C)CC2)NC(=O)c1cc2c(cn1)CCN(C(=O)OC1CCCC1)C2.CC. The summed E-state index contributed by atoms with van der Waals surface area (Å²) in [5.74, 6) is 1.56. The minimum absolute atomic E-state index is 0.0334. The van der Waals surface area contributed by atoms with Crippen molar-refractivity contribution in [1.29, 1.82) is 0 Å². The van der Waals surface area contributed by atoms with E-state index in [0.717, 1.165) is 66.9 Å².